The SMILES string of the molecule is [2H]C([2H])([2H])NC(=O)c1nnc(NC(=O)C2CC2)cc1Nc1nccc(-c2cnc(C(=O)N(C)C)cn2)c1OC. The Hall–Kier alpha value is -4.68. The average Bonchev–Trinajstić information content (AvgIpc) is 3.73. The second-order valence-electron chi connectivity index (χ2n) is 8.06. The Morgan fingerprint density at radius 2 is 1.94 bits per heavy atom. The van der Waals surface area contributed by atoms with E-state index in [-0.39, 0.29) is 52.2 Å². The molecule has 1 aliphatic carbocycles. The fourth-order valence-corrected chi connectivity index (χ4v) is 3.23. The molecule has 3 amide bonds. The number of anilines is 3. The number of rotatable bonds is 8. The zero-order valence-electron chi connectivity index (χ0n) is 22.7. The van der Waals surface area contributed by atoms with Gasteiger partial charge in [0, 0.05) is 48.9 Å². The van der Waals surface area contributed by atoms with E-state index < -0.39 is 12.9 Å². The van der Waals surface area contributed by atoms with E-state index in [1.165, 1.54) is 36.7 Å². The number of pyridine rings is 1. The molecule has 3 N–H and O–H groups in total. The van der Waals surface area contributed by atoms with Crippen molar-refractivity contribution in [2.75, 3.05) is 38.8 Å². The van der Waals surface area contributed by atoms with Crippen LogP contribution in [0.2, 0.25) is 0 Å². The summed E-state index contributed by atoms with van der Waals surface area (Å²) in [6, 6.07) is 2.97. The third-order valence-electron chi connectivity index (χ3n) is 5.24. The molecule has 0 saturated heterocycles. The van der Waals surface area contributed by atoms with Crippen molar-refractivity contribution in [3.05, 3.63) is 42.1 Å². The van der Waals surface area contributed by atoms with Gasteiger partial charge in [-0.3, -0.25) is 19.4 Å². The Labute approximate surface area is 210 Å². The number of nitrogens with one attached hydrogen (secondary N) is 3. The Bertz CT molecular complexity index is 1410. The molecule has 3 heterocycles. The van der Waals surface area contributed by atoms with Crippen molar-refractivity contribution in [2.24, 2.45) is 5.92 Å². The van der Waals surface area contributed by atoms with Crippen molar-refractivity contribution in [2.45, 2.75) is 12.8 Å². The first kappa shape index (κ1) is 20.7. The first-order valence-electron chi connectivity index (χ1n) is 12.3. The molecule has 186 valence electrons. The van der Waals surface area contributed by atoms with Gasteiger partial charge in [0.1, 0.15) is 5.69 Å². The molecular formula is C23H25N9O4. The molecule has 13 nitrogen and oxygen atoms in total. The van der Waals surface area contributed by atoms with Crippen LogP contribution in [0, 0.1) is 5.92 Å². The van der Waals surface area contributed by atoms with Crippen LogP contribution in [0.15, 0.2) is 30.7 Å². The monoisotopic (exact) mass is 494 g/mol. The van der Waals surface area contributed by atoms with E-state index in [2.05, 4.69) is 35.8 Å². The van der Waals surface area contributed by atoms with Crippen molar-refractivity contribution < 1.29 is 23.2 Å². The number of aromatic nitrogens is 5. The standard InChI is InChI=1S/C23H25N9O4/c1-24-22(34)18-14(9-17(30-31-18)29-21(33)12-5-6-12)28-20-19(36-4)13(7-8-25-20)15-10-27-16(11-26-15)23(35)32(2)3/h7-12H,5-6H2,1-4H3,(H,24,34)(H2,25,28,29,30,33)/i1D3. The van der Waals surface area contributed by atoms with Crippen molar-refractivity contribution >= 4 is 35.0 Å². The molecule has 1 saturated carbocycles. The van der Waals surface area contributed by atoms with Crippen LogP contribution in [0.5, 0.6) is 5.75 Å². The molecule has 4 rings (SSSR count). The predicted octanol–water partition coefficient (Wildman–Crippen LogP) is 1.49. The van der Waals surface area contributed by atoms with Crippen molar-refractivity contribution in [3.8, 4) is 17.0 Å². The van der Waals surface area contributed by atoms with E-state index in [0.717, 1.165) is 12.8 Å². The predicted molar refractivity (Wildman–Crippen MR) is 130 cm³/mol. The van der Waals surface area contributed by atoms with Gasteiger partial charge < -0.3 is 25.6 Å². The van der Waals surface area contributed by atoms with Gasteiger partial charge in [-0.1, -0.05) is 0 Å². The summed E-state index contributed by atoms with van der Waals surface area (Å²) in [7, 11) is 4.60. The first-order chi connectivity index (χ1) is 18.5. The molecule has 0 bridgehead atoms. The number of carbonyl (C=O) groups is 3. The van der Waals surface area contributed by atoms with Crippen molar-refractivity contribution in [3.63, 3.8) is 0 Å². The lowest BCUT2D eigenvalue weighted by atomic mass is 10.1. The van der Waals surface area contributed by atoms with Gasteiger partial charge >= 0.3 is 0 Å². The molecule has 0 aromatic carbocycles. The lowest BCUT2D eigenvalue weighted by molar-refractivity contribution is -0.117. The third-order valence-corrected chi connectivity index (χ3v) is 5.24. The van der Waals surface area contributed by atoms with Crippen molar-refractivity contribution in [1.82, 2.24) is 35.4 Å². The summed E-state index contributed by atoms with van der Waals surface area (Å²) >= 11 is 0. The molecule has 0 atom stereocenters. The van der Waals surface area contributed by atoms with Crippen LogP contribution in [0.3, 0.4) is 0 Å². The summed E-state index contributed by atoms with van der Waals surface area (Å²) in [6.07, 6.45) is 5.74. The Balaban J connectivity index is 1.70. The molecular weight excluding hydrogens is 466 g/mol. The number of ether oxygens (including phenoxy) is 1. The Morgan fingerprint density at radius 3 is 2.58 bits per heavy atom. The van der Waals surface area contributed by atoms with Gasteiger partial charge in [0.05, 0.1) is 30.9 Å². The zero-order chi connectivity index (χ0) is 28.3. The maximum Gasteiger partial charge on any atom is 0.273 e. The van der Waals surface area contributed by atoms with E-state index >= 15 is 0 Å². The summed E-state index contributed by atoms with van der Waals surface area (Å²) in [5, 5.41) is 15.1. The Morgan fingerprint density at radius 1 is 1.14 bits per heavy atom. The highest BCUT2D eigenvalue weighted by Gasteiger charge is 2.30. The molecule has 0 radical (unpaired) electrons. The molecule has 0 aliphatic heterocycles. The van der Waals surface area contributed by atoms with E-state index in [1.54, 1.807) is 20.2 Å². The quantitative estimate of drug-likeness (QED) is 0.418. The van der Waals surface area contributed by atoms with Gasteiger partial charge in [-0.15, -0.1) is 10.2 Å². The van der Waals surface area contributed by atoms with Gasteiger partial charge in [0.15, 0.2) is 23.1 Å². The minimum Gasteiger partial charge on any atom is -0.492 e. The van der Waals surface area contributed by atoms with Gasteiger partial charge in [0.25, 0.3) is 11.8 Å². The number of hydrogen-bond donors (Lipinski definition) is 3. The van der Waals surface area contributed by atoms with Crippen LogP contribution < -0.4 is 20.7 Å². The largest absolute Gasteiger partial charge is 0.492 e. The van der Waals surface area contributed by atoms with E-state index in [1.807, 2.05) is 5.32 Å². The van der Waals surface area contributed by atoms with Crippen LogP contribution in [0.1, 0.15) is 37.9 Å². The summed E-state index contributed by atoms with van der Waals surface area (Å²) in [5.74, 6) is -1.28. The molecule has 13 heteroatoms. The third kappa shape index (κ3) is 5.19. The number of carbonyl (C=O) groups excluding carboxylic acids is 3. The second-order valence-corrected chi connectivity index (χ2v) is 8.06. The molecule has 3 aromatic rings. The van der Waals surface area contributed by atoms with E-state index in [0.29, 0.717) is 11.3 Å². The van der Waals surface area contributed by atoms with Gasteiger partial charge in [-0.05, 0) is 18.9 Å². The van der Waals surface area contributed by atoms with Crippen LogP contribution in [0.4, 0.5) is 17.3 Å². The molecule has 0 unspecified atom stereocenters. The van der Waals surface area contributed by atoms with Crippen molar-refractivity contribution in [1.29, 1.82) is 0 Å². The number of amides is 3. The minimum absolute atomic E-state index is 0.0128. The lowest BCUT2D eigenvalue weighted by Crippen LogP contribution is -2.23. The van der Waals surface area contributed by atoms with E-state index in [9.17, 15) is 14.4 Å². The number of methoxy groups -OCH3 is 1. The molecule has 36 heavy (non-hydrogen) atoms. The molecule has 0 spiro atoms. The summed E-state index contributed by atoms with van der Waals surface area (Å²) < 4.78 is 27.6. The van der Waals surface area contributed by atoms with E-state index in [4.69, 9.17) is 8.85 Å². The summed E-state index contributed by atoms with van der Waals surface area (Å²) in [4.78, 5) is 51.2. The minimum atomic E-state index is -2.77. The number of hydrogen-bond acceptors (Lipinski definition) is 10. The second kappa shape index (κ2) is 10.3. The fourth-order valence-electron chi connectivity index (χ4n) is 3.23. The van der Waals surface area contributed by atoms with Gasteiger partial charge in [0.2, 0.25) is 5.91 Å². The van der Waals surface area contributed by atoms with Crippen LogP contribution >= 0.6 is 0 Å². The molecule has 1 fully saturated rings. The highest BCUT2D eigenvalue weighted by atomic mass is 16.5. The van der Waals surface area contributed by atoms with Gasteiger partial charge in [-0.2, -0.15) is 0 Å². The zero-order valence-corrected chi connectivity index (χ0v) is 19.7. The first-order valence-corrected chi connectivity index (χ1v) is 10.8. The Kier molecular flexibility index (Phi) is 5.91. The molecule has 3 aromatic heterocycles. The normalized spacial score (nSPS) is 14.0. The summed E-state index contributed by atoms with van der Waals surface area (Å²) in [5.41, 5.74) is 0.654. The fraction of sp³-hybridized carbons (Fsp3) is 0.304. The van der Waals surface area contributed by atoms with Gasteiger partial charge in [-0.25, -0.2) is 9.97 Å². The maximum atomic E-state index is 12.7. The number of nitrogens with zero attached hydrogens (tertiary/aromatic N) is 6. The van der Waals surface area contributed by atoms with Crippen LogP contribution in [-0.4, -0.2) is 76.0 Å². The molecule has 1 aliphatic rings. The lowest BCUT2D eigenvalue weighted by Gasteiger charge is -2.16. The van der Waals surface area contributed by atoms with Crippen LogP contribution in [-0.2, 0) is 4.79 Å². The summed E-state index contributed by atoms with van der Waals surface area (Å²) in [6.45, 7) is -2.77. The highest BCUT2D eigenvalue weighted by Crippen LogP contribution is 2.36. The van der Waals surface area contributed by atoms with Crippen LogP contribution in [0.25, 0.3) is 11.3 Å². The highest BCUT2D eigenvalue weighted by molar-refractivity contribution is 6.00. The average molecular weight is 495 g/mol. The maximum absolute atomic E-state index is 12.7. The topological polar surface area (TPSA) is 164 Å². The smallest absolute Gasteiger partial charge is 0.273 e.